The van der Waals surface area contributed by atoms with Gasteiger partial charge in [-0.3, -0.25) is 0 Å². The molecule has 1 saturated heterocycles. The first kappa shape index (κ1) is 22.7. The number of methoxy groups -OCH3 is 1. The smallest absolute Gasteiger partial charge is 0.186 e. The Morgan fingerprint density at radius 3 is 2.37 bits per heavy atom. The van der Waals surface area contributed by atoms with E-state index in [1.165, 1.54) is 14.2 Å². The van der Waals surface area contributed by atoms with E-state index in [0.29, 0.717) is 17.0 Å². The number of aliphatic hydroxyl groups is 3. The van der Waals surface area contributed by atoms with Crippen molar-refractivity contribution in [1.82, 2.24) is 0 Å². The number of halogens is 1. The molecule has 0 spiro atoms. The highest BCUT2D eigenvalue weighted by Gasteiger charge is 2.44. The number of hydrogen-bond acceptors (Lipinski definition) is 7. The molecule has 3 rings (SSSR count). The van der Waals surface area contributed by atoms with Crippen molar-refractivity contribution in [3.05, 3.63) is 69.7 Å². The van der Waals surface area contributed by atoms with E-state index in [1.54, 1.807) is 12.1 Å². The molecule has 5 atom stereocenters. The average molecular weight is 436 g/mol. The summed E-state index contributed by atoms with van der Waals surface area (Å²) < 4.78 is 10.8. The maximum Gasteiger partial charge on any atom is 0.186 e. The van der Waals surface area contributed by atoms with Gasteiger partial charge in [0.1, 0.15) is 31.5 Å². The molecule has 1 fully saturated rings. The summed E-state index contributed by atoms with van der Waals surface area (Å²) in [5.74, 6) is 0. The fraction of sp³-hybridized carbons (Fsp3) is 0.409. The minimum atomic E-state index is -1.39. The van der Waals surface area contributed by atoms with Crippen LogP contribution in [0.4, 0.5) is 0 Å². The van der Waals surface area contributed by atoms with E-state index in [1.807, 2.05) is 37.3 Å². The molecule has 2 aromatic rings. The molecule has 0 saturated carbocycles. The van der Waals surface area contributed by atoms with Gasteiger partial charge >= 0.3 is 0 Å². The summed E-state index contributed by atoms with van der Waals surface area (Å²) in [6.07, 6.45) is -5.37. The van der Waals surface area contributed by atoms with Crippen LogP contribution in [0.3, 0.4) is 0 Å². The number of hydrogen-bond donors (Lipinski definition) is 3. The number of aliphatic hydroxyl groups excluding tert-OH is 3. The number of rotatable bonds is 6. The van der Waals surface area contributed by atoms with Crippen molar-refractivity contribution in [3.63, 3.8) is 0 Å². The maximum atomic E-state index is 10.4. The molecular formula is C22H26ClNO6. The molecule has 0 bridgehead atoms. The molecule has 0 amide bonds. The second-order valence-corrected chi connectivity index (χ2v) is 7.62. The standard InChI is InChI=1S/C22H26ClNO6/c1-12(24-29-3)14-6-4-13(5-7-14)10-16-11-15(8-9-17(16)23)21-19(26)18(25)20(27)22(28-2)30-21/h4-9,11,18-22,25-27H,10H2,1-3H3/b24-12+/t18-,19-,20+,21+,22+/m1/s1. The predicted octanol–water partition coefficient (Wildman–Crippen LogP) is 2.43. The molecule has 3 N–H and O–H groups in total. The molecule has 8 heteroatoms. The highest BCUT2D eigenvalue weighted by molar-refractivity contribution is 6.31. The zero-order valence-electron chi connectivity index (χ0n) is 17.0. The molecule has 2 aromatic carbocycles. The zero-order chi connectivity index (χ0) is 21.8. The van der Waals surface area contributed by atoms with Gasteiger partial charge in [-0.15, -0.1) is 0 Å². The third-order valence-corrected chi connectivity index (χ3v) is 5.56. The van der Waals surface area contributed by atoms with Gasteiger partial charge in [-0.1, -0.05) is 53.2 Å². The van der Waals surface area contributed by atoms with Gasteiger partial charge < -0.3 is 29.6 Å². The van der Waals surface area contributed by atoms with E-state index < -0.39 is 30.7 Å². The lowest BCUT2D eigenvalue weighted by Gasteiger charge is -2.40. The van der Waals surface area contributed by atoms with Gasteiger partial charge in [0.25, 0.3) is 0 Å². The van der Waals surface area contributed by atoms with Gasteiger partial charge in [0.2, 0.25) is 0 Å². The monoisotopic (exact) mass is 435 g/mol. The molecule has 0 aliphatic carbocycles. The van der Waals surface area contributed by atoms with Gasteiger partial charge in [-0.2, -0.15) is 0 Å². The molecule has 1 aliphatic rings. The first-order chi connectivity index (χ1) is 14.3. The third-order valence-electron chi connectivity index (χ3n) is 5.19. The third kappa shape index (κ3) is 4.83. The predicted molar refractivity (Wildman–Crippen MR) is 113 cm³/mol. The van der Waals surface area contributed by atoms with Crippen molar-refractivity contribution in [2.45, 2.75) is 44.1 Å². The highest BCUT2D eigenvalue weighted by atomic mass is 35.5. The number of nitrogens with zero attached hydrogens (tertiary/aromatic N) is 1. The van der Waals surface area contributed by atoms with Crippen LogP contribution in [0.2, 0.25) is 5.02 Å². The van der Waals surface area contributed by atoms with Gasteiger partial charge in [-0.25, -0.2) is 0 Å². The summed E-state index contributed by atoms with van der Waals surface area (Å²) in [6, 6.07) is 13.2. The van der Waals surface area contributed by atoms with Crippen LogP contribution in [-0.4, -0.2) is 59.9 Å². The maximum absolute atomic E-state index is 10.4. The molecule has 0 aromatic heterocycles. The zero-order valence-corrected chi connectivity index (χ0v) is 17.8. The minimum absolute atomic E-state index is 0.565. The van der Waals surface area contributed by atoms with E-state index in [9.17, 15) is 15.3 Å². The molecule has 7 nitrogen and oxygen atoms in total. The normalized spacial score (nSPS) is 27.2. The molecular weight excluding hydrogens is 410 g/mol. The fourth-order valence-electron chi connectivity index (χ4n) is 3.50. The van der Waals surface area contributed by atoms with Crippen LogP contribution in [0.15, 0.2) is 47.6 Å². The summed E-state index contributed by atoms with van der Waals surface area (Å²) in [5, 5.41) is 35.0. The van der Waals surface area contributed by atoms with Crippen LogP contribution in [-0.2, 0) is 20.7 Å². The Morgan fingerprint density at radius 1 is 1.03 bits per heavy atom. The van der Waals surface area contributed by atoms with Crippen molar-refractivity contribution in [2.24, 2.45) is 5.16 Å². The van der Waals surface area contributed by atoms with Crippen LogP contribution in [0.1, 0.15) is 35.3 Å². The summed E-state index contributed by atoms with van der Waals surface area (Å²) in [7, 11) is 2.87. The first-order valence-corrected chi connectivity index (χ1v) is 9.91. The van der Waals surface area contributed by atoms with E-state index in [0.717, 1.165) is 22.4 Å². The lowest BCUT2D eigenvalue weighted by Crippen LogP contribution is -2.54. The van der Waals surface area contributed by atoms with Gasteiger partial charge in [0.15, 0.2) is 6.29 Å². The van der Waals surface area contributed by atoms with Crippen molar-refractivity contribution >= 4 is 17.3 Å². The summed E-state index contributed by atoms with van der Waals surface area (Å²) in [4.78, 5) is 4.80. The van der Waals surface area contributed by atoms with E-state index in [2.05, 4.69) is 5.16 Å². The lowest BCUT2D eigenvalue weighted by molar-refractivity contribution is -0.292. The molecule has 1 aliphatic heterocycles. The van der Waals surface area contributed by atoms with Crippen LogP contribution >= 0.6 is 11.6 Å². The lowest BCUT2D eigenvalue weighted by atomic mass is 9.92. The van der Waals surface area contributed by atoms with Crippen LogP contribution in [0.25, 0.3) is 0 Å². The minimum Gasteiger partial charge on any atom is -0.399 e. The summed E-state index contributed by atoms with van der Waals surface area (Å²) in [6.45, 7) is 1.87. The SMILES string of the molecule is CO/N=C(\C)c1ccc(Cc2cc([C@@H]3O[C@H](OC)[C@@H](O)[C@H](O)[C@H]3O)ccc2Cl)cc1. The molecule has 162 valence electrons. The number of oxime groups is 1. The number of ether oxygens (including phenoxy) is 2. The molecule has 0 unspecified atom stereocenters. The Kier molecular flexibility index (Phi) is 7.46. The van der Waals surface area contributed by atoms with Gasteiger partial charge in [0, 0.05) is 12.1 Å². The van der Waals surface area contributed by atoms with Gasteiger partial charge in [-0.05, 0) is 41.7 Å². The van der Waals surface area contributed by atoms with Crippen LogP contribution in [0.5, 0.6) is 0 Å². The average Bonchev–Trinajstić information content (AvgIpc) is 2.75. The Balaban J connectivity index is 1.82. The Hall–Kier alpha value is -2.00. The second kappa shape index (κ2) is 9.87. The van der Waals surface area contributed by atoms with Crippen molar-refractivity contribution in [3.8, 4) is 0 Å². The summed E-state index contributed by atoms with van der Waals surface area (Å²) in [5.41, 5.74) is 4.25. The van der Waals surface area contributed by atoms with E-state index >= 15 is 0 Å². The molecule has 30 heavy (non-hydrogen) atoms. The van der Waals surface area contributed by atoms with Crippen molar-refractivity contribution < 1.29 is 29.6 Å². The van der Waals surface area contributed by atoms with Crippen LogP contribution < -0.4 is 0 Å². The quantitative estimate of drug-likeness (QED) is 0.476. The molecule has 1 heterocycles. The molecule has 0 radical (unpaired) electrons. The second-order valence-electron chi connectivity index (χ2n) is 7.22. The largest absolute Gasteiger partial charge is 0.399 e. The Bertz CT molecular complexity index is 886. The number of benzene rings is 2. The fourth-order valence-corrected chi connectivity index (χ4v) is 3.68. The van der Waals surface area contributed by atoms with Crippen LogP contribution in [0, 0.1) is 0 Å². The van der Waals surface area contributed by atoms with Gasteiger partial charge in [0.05, 0.1) is 5.71 Å². The first-order valence-electron chi connectivity index (χ1n) is 9.53. The van der Waals surface area contributed by atoms with E-state index in [-0.39, 0.29) is 0 Å². The van der Waals surface area contributed by atoms with Crippen molar-refractivity contribution in [2.75, 3.05) is 14.2 Å². The van der Waals surface area contributed by atoms with E-state index in [4.69, 9.17) is 25.9 Å². The topological polar surface area (TPSA) is 101 Å². The Labute approximate surface area is 180 Å². The van der Waals surface area contributed by atoms with Crippen molar-refractivity contribution in [1.29, 1.82) is 0 Å². The summed E-state index contributed by atoms with van der Waals surface area (Å²) >= 11 is 6.40. The highest BCUT2D eigenvalue weighted by Crippen LogP contribution is 2.34. The Morgan fingerprint density at radius 2 is 1.73 bits per heavy atom.